The maximum absolute atomic E-state index is 12.9. The molecular weight excluding hydrogens is 492 g/mol. The van der Waals surface area contributed by atoms with E-state index in [-0.39, 0.29) is 54.7 Å². The summed E-state index contributed by atoms with van der Waals surface area (Å²) in [4.78, 5) is 32.2. The summed E-state index contributed by atoms with van der Waals surface area (Å²) in [5.41, 5.74) is 1.26. The SMILES string of the molecule is CN=C(NCC(=O)Nc1ccc(F)cc1)N1CCN(c2cnn(C)c2)C(=O)C1.I. The molecule has 3 rings (SSSR count). The minimum atomic E-state index is -0.369. The molecule has 0 radical (unpaired) electrons. The Hall–Kier alpha value is -2.70. The number of hydrogen-bond donors (Lipinski definition) is 2. The topological polar surface area (TPSA) is 94.9 Å². The highest BCUT2D eigenvalue weighted by Gasteiger charge is 2.27. The van der Waals surface area contributed by atoms with Gasteiger partial charge in [-0.05, 0) is 24.3 Å². The van der Waals surface area contributed by atoms with Crippen LogP contribution in [0.2, 0.25) is 0 Å². The van der Waals surface area contributed by atoms with Crippen molar-refractivity contribution in [3.05, 3.63) is 42.5 Å². The number of piperazine rings is 1. The molecule has 0 spiro atoms. The molecule has 2 amide bonds. The van der Waals surface area contributed by atoms with Crippen LogP contribution in [-0.2, 0) is 16.6 Å². The maximum atomic E-state index is 12.9. The molecule has 1 aromatic heterocycles. The third-order valence-electron chi connectivity index (χ3n) is 4.27. The number of nitrogens with zero attached hydrogens (tertiary/aromatic N) is 5. The standard InChI is InChI=1S/C18H22FN7O2.HI/c1-20-18(21-10-16(27)23-14-5-3-13(19)4-6-14)25-7-8-26(17(28)12-25)15-9-22-24(2)11-15;/h3-6,9,11H,7-8,10,12H2,1-2H3,(H,20,21)(H,23,27);1H. The lowest BCUT2D eigenvalue weighted by molar-refractivity contribution is -0.120. The van der Waals surface area contributed by atoms with Gasteiger partial charge in [-0.3, -0.25) is 19.3 Å². The van der Waals surface area contributed by atoms with E-state index in [1.54, 1.807) is 41.0 Å². The number of rotatable bonds is 4. The summed E-state index contributed by atoms with van der Waals surface area (Å²) in [5, 5.41) is 9.71. The lowest BCUT2D eigenvalue weighted by atomic mass is 10.3. The molecule has 9 nitrogen and oxygen atoms in total. The Labute approximate surface area is 185 Å². The Morgan fingerprint density at radius 1 is 1.28 bits per heavy atom. The van der Waals surface area contributed by atoms with Gasteiger partial charge in [0.05, 0.1) is 18.4 Å². The van der Waals surface area contributed by atoms with Crippen molar-refractivity contribution >= 4 is 53.1 Å². The summed E-state index contributed by atoms with van der Waals surface area (Å²) in [6.07, 6.45) is 3.45. The number of nitrogens with one attached hydrogen (secondary N) is 2. The number of aliphatic imine (C=N–C) groups is 1. The average molecular weight is 515 g/mol. The Balaban J connectivity index is 0.00000300. The van der Waals surface area contributed by atoms with Crippen molar-refractivity contribution in [3.63, 3.8) is 0 Å². The van der Waals surface area contributed by atoms with Crippen LogP contribution in [0.1, 0.15) is 0 Å². The number of carbonyl (C=O) groups excluding carboxylic acids is 2. The molecule has 1 fully saturated rings. The highest BCUT2D eigenvalue weighted by Crippen LogP contribution is 2.16. The van der Waals surface area contributed by atoms with Crippen LogP contribution in [0.5, 0.6) is 0 Å². The summed E-state index contributed by atoms with van der Waals surface area (Å²) in [6, 6.07) is 5.52. The molecule has 0 atom stereocenters. The molecule has 0 unspecified atom stereocenters. The second kappa shape index (κ2) is 10.2. The van der Waals surface area contributed by atoms with Crippen LogP contribution in [0.3, 0.4) is 0 Å². The normalized spacial score (nSPS) is 14.4. The molecule has 2 heterocycles. The van der Waals surface area contributed by atoms with Crippen molar-refractivity contribution in [2.75, 3.05) is 43.4 Å². The Bertz CT molecular complexity index is 885. The first kappa shape index (κ1) is 22.6. The number of amides is 2. The van der Waals surface area contributed by atoms with E-state index in [1.807, 2.05) is 0 Å². The van der Waals surface area contributed by atoms with E-state index < -0.39 is 0 Å². The summed E-state index contributed by atoms with van der Waals surface area (Å²) in [6.45, 7) is 1.18. The smallest absolute Gasteiger partial charge is 0.246 e. The van der Waals surface area contributed by atoms with E-state index in [0.717, 1.165) is 5.69 Å². The molecule has 11 heteroatoms. The minimum Gasteiger partial charge on any atom is -0.347 e. The number of hydrogen-bond acceptors (Lipinski definition) is 4. The first-order valence-corrected chi connectivity index (χ1v) is 8.76. The zero-order chi connectivity index (χ0) is 20.1. The van der Waals surface area contributed by atoms with Crippen LogP contribution < -0.4 is 15.5 Å². The van der Waals surface area contributed by atoms with Gasteiger partial charge in [0.2, 0.25) is 11.8 Å². The van der Waals surface area contributed by atoms with Crippen molar-refractivity contribution in [1.29, 1.82) is 0 Å². The van der Waals surface area contributed by atoms with Gasteiger partial charge in [0.25, 0.3) is 0 Å². The fraction of sp³-hybridized carbons (Fsp3) is 0.333. The molecule has 1 aromatic carbocycles. The largest absolute Gasteiger partial charge is 0.347 e. The number of aryl methyl sites for hydroxylation is 1. The van der Waals surface area contributed by atoms with Gasteiger partial charge in [0.1, 0.15) is 12.4 Å². The number of aromatic nitrogens is 2. The lowest BCUT2D eigenvalue weighted by Gasteiger charge is -2.35. The predicted molar refractivity (Wildman–Crippen MR) is 119 cm³/mol. The Morgan fingerprint density at radius 3 is 2.59 bits per heavy atom. The number of anilines is 2. The van der Waals surface area contributed by atoms with Gasteiger partial charge in [0, 0.05) is 39.1 Å². The summed E-state index contributed by atoms with van der Waals surface area (Å²) in [7, 11) is 3.39. The van der Waals surface area contributed by atoms with Crippen molar-refractivity contribution in [3.8, 4) is 0 Å². The lowest BCUT2D eigenvalue weighted by Crippen LogP contribution is -2.56. The van der Waals surface area contributed by atoms with Crippen molar-refractivity contribution < 1.29 is 14.0 Å². The quantitative estimate of drug-likeness (QED) is 0.361. The molecule has 0 saturated carbocycles. The van der Waals surface area contributed by atoms with Gasteiger partial charge in [-0.1, -0.05) is 0 Å². The van der Waals surface area contributed by atoms with Gasteiger partial charge in [-0.2, -0.15) is 5.10 Å². The van der Waals surface area contributed by atoms with Crippen molar-refractivity contribution in [2.45, 2.75) is 0 Å². The first-order valence-electron chi connectivity index (χ1n) is 8.76. The van der Waals surface area contributed by atoms with Crippen molar-refractivity contribution in [2.24, 2.45) is 12.0 Å². The van der Waals surface area contributed by atoms with E-state index in [1.165, 1.54) is 24.3 Å². The van der Waals surface area contributed by atoms with Crippen LogP contribution in [-0.4, -0.2) is 65.7 Å². The Morgan fingerprint density at radius 2 is 2.00 bits per heavy atom. The van der Waals surface area contributed by atoms with E-state index >= 15 is 0 Å². The minimum absolute atomic E-state index is 0. The number of carbonyl (C=O) groups is 2. The van der Waals surface area contributed by atoms with Crippen LogP contribution in [0.4, 0.5) is 15.8 Å². The second-order valence-corrected chi connectivity index (χ2v) is 6.29. The predicted octanol–water partition coefficient (Wildman–Crippen LogP) is 1.04. The monoisotopic (exact) mass is 515 g/mol. The molecule has 2 N–H and O–H groups in total. The molecule has 1 aliphatic rings. The maximum Gasteiger partial charge on any atom is 0.246 e. The van der Waals surface area contributed by atoms with E-state index in [0.29, 0.717) is 24.7 Å². The summed E-state index contributed by atoms with van der Waals surface area (Å²) in [5.74, 6) is -0.272. The number of guanidine groups is 1. The highest BCUT2D eigenvalue weighted by molar-refractivity contribution is 14.0. The molecule has 29 heavy (non-hydrogen) atoms. The zero-order valence-corrected chi connectivity index (χ0v) is 18.5. The molecule has 156 valence electrons. The van der Waals surface area contributed by atoms with E-state index in [9.17, 15) is 14.0 Å². The molecule has 0 aliphatic carbocycles. The molecular formula is C18H23FIN7O2. The van der Waals surface area contributed by atoms with Crippen LogP contribution >= 0.6 is 24.0 Å². The van der Waals surface area contributed by atoms with Gasteiger partial charge < -0.3 is 20.4 Å². The second-order valence-electron chi connectivity index (χ2n) is 6.29. The van der Waals surface area contributed by atoms with Crippen molar-refractivity contribution in [1.82, 2.24) is 20.0 Å². The highest BCUT2D eigenvalue weighted by atomic mass is 127. The van der Waals surface area contributed by atoms with Gasteiger partial charge in [0.15, 0.2) is 5.96 Å². The molecule has 0 bridgehead atoms. The molecule has 1 saturated heterocycles. The zero-order valence-electron chi connectivity index (χ0n) is 16.1. The van der Waals surface area contributed by atoms with Gasteiger partial charge >= 0.3 is 0 Å². The summed E-state index contributed by atoms with van der Waals surface area (Å²) < 4.78 is 14.6. The number of benzene rings is 1. The Kier molecular flexibility index (Phi) is 7.93. The number of halogens is 2. The van der Waals surface area contributed by atoms with E-state index in [4.69, 9.17) is 0 Å². The van der Waals surface area contributed by atoms with Crippen LogP contribution in [0, 0.1) is 5.82 Å². The fourth-order valence-electron chi connectivity index (χ4n) is 2.90. The summed E-state index contributed by atoms with van der Waals surface area (Å²) >= 11 is 0. The van der Waals surface area contributed by atoms with Crippen LogP contribution in [0.15, 0.2) is 41.7 Å². The van der Waals surface area contributed by atoms with Gasteiger partial charge in [-0.25, -0.2) is 4.39 Å². The molecule has 1 aliphatic heterocycles. The average Bonchev–Trinajstić information content (AvgIpc) is 3.10. The van der Waals surface area contributed by atoms with E-state index in [2.05, 4.69) is 20.7 Å². The first-order chi connectivity index (χ1) is 13.5. The van der Waals surface area contributed by atoms with Gasteiger partial charge in [-0.15, -0.1) is 24.0 Å². The molecule has 2 aromatic rings. The fourth-order valence-corrected chi connectivity index (χ4v) is 2.90. The van der Waals surface area contributed by atoms with Crippen LogP contribution in [0.25, 0.3) is 0 Å². The third-order valence-corrected chi connectivity index (χ3v) is 4.27. The third kappa shape index (κ3) is 5.89.